The Bertz CT molecular complexity index is 253. The van der Waals surface area contributed by atoms with E-state index in [1.54, 1.807) is 0 Å². The van der Waals surface area contributed by atoms with Gasteiger partial charge in [0.05, 0.1) is 0 Å². The van der Waals surface area contributed by atoms with Crippen LogP contribution in [0.5, 0.6) is 0 Å². The lowest BCUT2D eigenvalue weighted by Crippen LogP contribution is -2.37. The molecule has 0 aromatic rings. The monoisotopic (exact) mass is 239 g/mol. The second kappa shape index (κ2) is 6.36. The molecule has 2 atom stereocenters. The third-order valence-electron chi connectivity index (χ3n) is 3.89. The van der Waals surface area contributed by atoms with Crippen molar-refractivity contribution in [3.8, 4) is 0 Å². The van der Waals surface area contributed by atoms with E-state index in [9.17, 15) is 4.79 Å². The van der Waals surface area contributed by atoms with Crippen molar-refractivity contribution >= 4 is 5.91 Å². The van der Waals surface area contributed by atoms with Gasteiger partial charge < -0.3 is 16.4 Å². The van der Waals surface area contributed by atoms with Crippen LogP contribution < -0.4 is 16.4 Å². The van der Waals surface area contributed by atoms with Gasteiger partial charge in [-0.3, -0.25) is 4.79 Å². The second-order valence-electron chi connectivity index (χ2n) is 5.43. The van der Waals surface area contributed by atoms with E-state index in [-0.39, 0.29) is 5.91 Å². The van der Waals surface area contributed by atoms with E-state index in [4.69, 9.17) is 5.73 Å². The summed E-state index contributed by atoms with van der Waals surface area (Å²) >= 11 is 0. The van der Waals surface area contributed by atoms with Crippen LogP contribution in [-0.4, -0.2) is 31.1 Å². The molecule has 98 valence electrons. The van der Waals surface area contributed by atoms with E-state index in [2.05, 4.69) is 10.6 Å². The molecule has 2 aliphatic carbocycles. The van der Waals surface area contributed by atoms with E-state index >= 15 is 0 Å². The minimum Gasteiger partial charge on any atom is -0.353 e. The lowest BCUT2D eigenvalue weighted by atomic mass is 10.0. The maximum Gasteiger partial charge on any atom is 0.220 e. The molecule has 0 radical (unpaired) electrons. The van der Waals surface area contributed by atoms with Crippen LogP contribution in [0, 0.1) is 5.92 Å². The van der Waals surface area contributed by atoms with Gasteiger partial charge in [-0.1, -0.05) is 6.42 Å². The summed E-state index contributed by atoms with van der Waals surface area (Å²) in [6.45, 7) is 1.74. The first-order valence-electron chi connectivity index (χ1n) is 7.02. The third kappa shape index (κ3) is 4.28. The van der Waals surface area contributed by atoms with Gasteiger partial charge in [0.25, 0.3) is 0 Å². The Balaban J connectivity index is 1.51. The van der Waals surface area contributed by atoms with Crippen molar-refractivity contribution in [3.63, 3.8) is 0 Å². The third-order valence-corrected chi connectivity index (χ3v) is 3.89. The highest BCUT2D eigenvalue weighted by molar-refractivity contribution is 5.76. The predicted molar refractivity (Wildman–Crippen MR) is 68.6 cm³/mol. The Hall–Kier alpha value is -0.610. The largest absolute Gasteiger partial charge is 0.353 e. The number of amides is 1. The molecule has 17 heavy (non-hydrogen) atoms. The Kier molecular flexibility index (Phi) is 4.80. The molecule has 2 unspecified atom stereocenters. The molecule has 4 nitrogen and oxygen atoms in total. The van der Waals surface area contributed by atoms with Gasteiger partial charge in [0.1, 0.15) is 0 Å². The van der Waals surface area contributed by atoms with Crippen LogP contribution in [0.15, 0.2) is 0 Å². The lowest BCUT2D eigenvalue weighted by molar-refractivity contribution is -0.121. The molecular weight excluding hydrogens is 214 g/mol. The average Bonchev–Trinajstić information content (AvgIpc) is 3.01. The molecule has 4 N–H and O–H groups in total. The number of carbonyl (C=O) groups is 1. The van der Waals surface area contributed by atoms with Crippen molar-refractivity contribution in [2.24, 2.45) is 11.7 Å². The lowest BCUT2D eigenvalue weighted by Gasteiger charge is -2.19. The van der Waals surface area contributed by atoms with Gasteiger partial charge in [-0.15, -0.1) is 0 Å². The quantitative estimate of drug-likeness (QED) is 0.575. The second-order valence-corrected chi connectivity index (χ2v) is 5.43. The summed E-state index contributed by atoms with van der Waals surface area (Å²) in [6, 6.07) is 1.08. The first-order chi connectivity index (χ1) is 8.29. The topological polar surface area (TPSA) is 67.1 Å². The van der Waals surface area contributed by atoms with Crippen molar-refractivity contribution in [1.82, 2.24) is 10.6 Å². The average molecular weight is 239 g/mol. The first kappa shape index (κ1) is 12.8. The Morgan fingerprint density at radius 1 is 1.24 bits per heavy atom. The standard InChI is InChI=1S/C13H25N3O/c14-9-10-3-1-4-12(10)15-8-2-5-13(17)16-11-6-7-11/h10-12,15H,1-9,14H2,(H,16,17). The summed E-state index contributed by atoms with van der Waals surface area (Å²) in [5, 5.41) is 6.56. The molecule has 0 heterocycles. The molecule has 1 amide bonds. The number of carbonyl (C=O) groups excluding carboxylic acids is 1. The first-order valence-corrected chi connectivity index (χ1v) is 7.02. The van der Waals surface area contributed by atoms with Gasteiger partial charge in [-0.25, -0.2) is 0 Å². The summed E-state index contributed by atoms with van der Waals surface area (Å²) < 4.78 is 0. The highest BCUT2D eigenvalue weighted by Gasteiger charge is 2.25. The Labute approximate surface area is 104 Å². The van der Waals surface area contributed by atoms with Crippen LogP contribution in [0.3, 0.4) is 0 Å². The predicted octanol–water partition coefficient (Wildman–Crippen LogP) is 0.762. The zero-order chi connectivity index (χ0) is 12.1. The fourth-order valence-corrected chi connectivity index (χ4v) is 2.65. The number of nitrogens with one attached hydrogen (secondary N) is 2. The van der Waals surface area contributed by atoms with Crippen molar-refractivity contribution in [2.45, 2.75) is 57.0 Å². The van der Waals surface area contributed by atoms with E-state index in [0.29, 0.717) is 24.4 Å². The van der Waals surface area contributed by atoms with Crippen LogP contribution >= 0.6 is 0 Å². The van der Waals surface area contributed by atoms with Crippen LogP contribution in [-0.2, 0) is 4.79 Å². The van der Waals surface area contributed by atoms with Crippen molar-refractivity contribution in [1.29, 1.82) is 0 Å². The molecule has 0 aromatic carbocycles. The summed E-state index contributed by atoms with van der Waals surface area (Å²) in [7, 11) is 0. The van der Waals surface area contributed by atoms with Crippen molar-refractivity contribution < 1.29 is 4.79 Å². The number of hydrogen-bond donors (Lipinski definition) is 3. The van der Waals surface area contributed by atoms with Crippen LogP contribution in [0.2, 0.25) is 0 Å². The summed E-state index contributed by atoms with van der Waals surface area (Å²) in [5.74, 6) is 0.867. The molecule has 0 aliphatic heterocycles. The fraction of sp³-hybridized carbons (Fsp3) is 0.923. The van der Waals surface area contributed by atoms with Crippen LogP contribution in [0.4, 0.5) is 0 Å². The zero-order valence-corrected chi connectivity index (χ0v) is 10.6. The highest BCUT2D eigenvalue weighted by Crippen LogP contribution is 2.24. The van der Waals surface area contributed by atoms with E-state index in [0.717, 1.165) is 19.5 Å². The molecular formula is C13H25N3O. The van der Waals surface area contributed by atoms with E-state index in [1.165, 1.54) is 32.1 Å². The van der Waals surface area contributed by atoms with Crippen molar-refractivity contribution in [3.05, 3.63) is 0 Å². The van der Waals surface area contributed by atoms with Gasteiger partial charge in [0.15, 0.2) is 0 Å². The zero-order valence-electron chi connectivity index (χ0n) is 10.6. The van der Waals surface area contributed by atoms with E-state index < -0.39 is 0 Å². The highest BCUT2D eigenvalue weighted by atomic mass is 16.1. The molecule has 2 aliphatic rings. The fourth-order valence-electron chi connectivity index (χ4n) is 2.65. The Morgan fingerprint density at radius 2 is 2.06 bits per heavy atom. The maximum atomic E-state index is 11.5. The van der Waals surface area contributed by atoms with Crippen LogP contribution in [0.25, 0.3) is 0 Å². The molecule has 0 spiro atoms. The minimum atomic E-state index is 0.219. The van der Waals surface area contributed by atoms with Gasteiger partial charge in [-0.05, 0) is 51.1 Å². The molecule has 4 heteroatoms. The van der Waals surface area contributed by atoms with Crippen molar-refractivity contribution in [2.75, 3.05) is 13.1 Å². The summed E-state index contributed by atoms with van der Waals surface area (Å²) in [5.41, 5.74) is 5.73. The molecule has 0 aromatic heterocycles. The molecule has 0 saturated heterocycles. The molecule has 2 saturated carbocycles. The maximum absolute atomic E-state index is 11.5. The van der Waals surface area contributed by atoms with Crippen LogP contribution in [0.1, 0.15) is 44.9 Å². The number of nitrogens with two attached hydrogens (primary N) is 1. The van der Waals surface area contributed by atoms with Gasteiger partial charge >= 0.3 is 0 Å². The summed E-state index contributed by atoms with van der Waals surface area (Å²) in [6.07, 6.45) is 7.73. The Morgan fingerprint density at radius 3 is 2.76 bits per heavy atom. The number of hydrogen-bond acceptors (Lipinski definition) is 3. The van der Waals surface area contributed by atoms with Gasteiger partial charge in [0, 0.05) is 18.5 Å². The smallest absolute Gasteiger partial charge is 0.220 e. The molecule has 2 fully saturated rings. The molecule has 0 bridgehead atoms. The van der Waals surface area contributed by atoms with E-state index in [1.807, 2.05) is 0 Å². The normalized spacial score (nSPS) is 28.3. The SMILES string of the molecule is NCC1CCCC1NCCCC(=O)NC1CC1. The number of rotatable bonds is 7. The molecule has 2 rings (SSSR count). The van der Waals surface area contributed by atoms with Gasteiger partial charge in [0.2, 0.25) is 5.91 Å². The van der Waals surface area contributed by atoms with Gasteiger partial charge in [-0.2, -0.15) is 0 Å². The summed E-state index contributed by atoms with van der Waals surface area (Å²) in [4.78, 5) is 11.5. The minimum absolute atomic E-state index is 0.219.